The van der Waals surface area contributed by atoms with Gasteiger partial charge in [0.25, 0.3) is 0 Å². The Bertz CT molecular complexity index is 350. The molecule has 0 aliphatic rings. The molecule has 76 valence electrons. The van der Waals surface area contributed by atoms with E-state index in [4.69, 9.17) is 10.8 Å². The molecule has 3 nitrogen and oxygen atoms in total. The lowest BCUT2D eigenvalue weighted by Gasteiger charge is -2.10. The third-order valence-corrected chi connectivity index (χ3v) is 2.89. The molecule has 1 aromatic carbocycles. The molecule has 0 amide bonds. The average Bonchev–Trinajstić information content (AvgIpc) is 2.07. The average molecular weight is 305 g/mol. The highest BCUT2D eigenvalue weighted by Crippen LogP contribution is 2.18. The van der Waals surface area contributed by atoms with Crippen LogP contribution in [0.4, 0.5) is 0 Å². The fourth-order valence-electron chi connectivity index (χ4n) is 1.29. The Hall–Kier alpha value is -0.620. The van der Waals surface area contributed by atoms with Gasteiger partial charge in [-0.2, -0.15) is 0 Å². The van der Waals surface area contributed by atoms with Crippen LogP contribution in [0.3, 0.4) is 0 Å². The summed E-state index contributed by atoms with van der Waals surface area (Å²) in [5.41, 5.74) is 6.85. The molecule has 0 radical (unpaired) electrons. The number of rotatable bonds is 3. The Kier molecular flexibility index (Phi) is 3.88. The molecule has 3 N–H and O–H groups in total. The quantitative estimate of drug-likeness (QED) is 0.838. The van der Waals surface area contributed by atoms with Crippen molar-refractivity contribution in [3.8, 4) is 0 Å². The number of aromatic carboxylic acids is 1. The molecule has 1 aromatic rings. The first-order valence-corrected chi connectivity index (χ1v) is 5.36. The van der Waals surface area contributed by atoms with Crippen molar-refractivity contribution < 1.29 is 9.90 Å². The maximum absolute atomic E-state index is 10.9. The van der Waals surface area contributed by atoms with Crippen molar-refractivity contribution >= 4 is 28.6 Å². The van der Waals surface area contributed by atoms with Gasteiger partial charge in [0.15, 0.2) is 0 Å². The van der Waals surface area contributed by atoms with Gasteiger partial charge in [0.05, 0.1) is 5.56 Å². The lowest BCUT2D eigenvalue weighted by atomic mass is 10.0. The third kappa shape index (κ3) is 2.68. The molecule has 0 heterocycles. The third-order valence-electron chi connectivity index (χ3n) is 1.88. The number of hydrogen-bond acceptors (Lipinski definition) is 2. The predicted molar refractivity (Wildman–Crippen MR) is 63.5 cm³/mol. The molecule has 1 rings (SSSR count). The normalized spacial score (nSPS) is 12.5. The first-order valence-electron chi connectivity index (χ1n) is 4.28. The van der Waals surface area contributed by atoms with E-state index in [0.717, 1.165) is 9.13 Å². The van der Waals surface area contributed by atoms with Crippen LogP contribution in [-0.4, -0.2) is 17.1 Å². The molecule has 0 aliphatic carbocycles. The Morgan fingerprint density at radius 2 is 2.29 bits per heavy atom. The van der Waals surface area contributed by atoms with E-state index in [-0.39, 0.29) is 6.04 Å². The zero-order valence-corrected chi connectivity index (χ0v) is 9.98. The van der Waals surface area contributed by atoms with E-state index in [9.17, 15) is 4.79 Å². The van der Waals surface area contributed by atoms with Crippen LogP contribution >= 0.6 is 22.6 Å². The predicted octanol–water partition coefficient (Wildman–Crippen LogP) is 1.88. The van der Waals surface area contributed by atoms with Crippen LogP contribution in [0.25, 0.3) is 0 Å². The van der Waals surface area contributed by atoms with Crippen molar-refractivity contribution in [3.63, 3.8) is 0 Å². The Morgan fingerprint density at radius 1 is 1.64 bits per heavy atom. The van der Waals surface area contributed by atoms with Crippen LogP contribution in [0.1, 0.15) is 22.8 Å². The van der Waals surface area contributed by atoms with E-state index in [1.165, 1.54) is 0 Å². The summed E-state index contributed by atoms with van der Waals surface area (Å²) < 4.78 is 0.958. The van der Waals surface area contributed by atoms with E-state index < -0.39 is 5.97 Å². The van der Waals surface area contributed by atoms with Crippen LogP contribution < -0.4 is 5.73 Å². The van der Waals surface area contributed by atoms with Crippen molar-refractivity contribution in [1.82, 2.24) is 0 Å². The topological polar surface area (TPSA) is 63.3 Å². The van der Waals surface area contributed by atoms with Crippen LogP contribution in [0.2, 0.25) is 0 Å². The van der Waals surface area contributed by atoms with Gasteiger partial charge >= 0.3 is 5.97 Å². The fourth-order valence-corrected chi connectivity index (χ4v) is 2.01. The maximum atomic E-state index is 10.9. The Morgan fingerprint density at radius 3 is 2.79 bits per heavy atom. The Balaban J connectivity index is 3.15. The van der Waals surface area contributed by atoms with E-state index in [1.54, 1.807) is 12.1 Å². The number of hydrogen-bond donors (Lipinski definition) is 2. The molecule has 0 saturated carbocycles. The first-order chi connectivity index (χ1) is 6.52. The number of benzene rings is 1. The van der Waals surface area contributed by atoms with Gasteiger partial charge in [-0.15, -0.1) is 0 Å². The fraction of sp³-hybridized carbons (Fsp3) is 0.300. The minimum absolute atomic E-state index is 0.0241. The van der Waals surface area contributed by atoms with Crippen molar-refractivity contribution in [2.45, 2.75) is 19.4 Å². The summed E-state index contributed by atoms with van der Waals surface area (Å²) >= 11 is 2.13. The van der Waals surface area contributed by atoms with Crippen LogP contribution in [0, 0.1) is 3.57 Å². The van der Waals surface area contributed by atoms with E-state index >= 15 is 0 Å². The second-order valence-corrected chi connectivity index (χ2v) is 4.41. The van der Waals surface area contributed by atoms with Crippen LogP contribution in [0.5, 0.6) is 0 Å². The van der Waals surface area contributed by atoms with E-state index in [1.807, 2.05) is 13.0 Å². The summed E-state index contributed by atoms with van der Waals surface area (Å²) in [7, 11) is 0. The van der Waals surface area contributed by atoms with Gasteiger partial charge in [0.1, 0.15) is 0 Å². The molecule has 14 heavy (non-hydrogen) atoms. The zero-order chi connectivity index (χ0) is 10.7. The van der Waals surface area contributed by atoms with Gasteiger partial charge in [-0.25, -0.2) is 4.79 Å². The summed E-state index contributed by atoms with van der Waals surface area (Å²) in [5, 5.41) is 8.96. The highest BCUT2D eigenvalue weighted by molar-refractivity contribution is 14.1. The van der Waals surface area contributed by atoms with Gasteiger partial charge in [-0.3, -0.25) is 0 Å². The van der Waals surface area contributed by atoms with Gasteiger partial charge in [0.2, 0.25) is 0 Å². The lowest BCUT2D eigenvalue weighted by molar-refractivity contribution is 0.0695. The molecule has 0 bridgehead atoms. The van der Waals surface area contributed by atoms with Gasteiger partial charge in [-0.1, -0.05) is 6.07 Å². The summed E-state index contributed by atoms with van der Waals surface area (Å²) in [6.45, 7) is 1.87. The largest absolute Gasteiger partial charge is 0.478 e. The molecule has 0 fully saturated rings. The number of nitrogens with two attached hydrogens (primary N) is 1. The summed E-state index contributed by atoms with van der Waals surface area (Å²) in [5.74, 6) is -0.890. The molecule has 0 aromatic heterocycles. The molecular weight excluding hydrogens is 293 g/mol. The summed E-state index contributed by atoms with van der Waals surface area (Å²) in [6, 6.07) is 5.23. The molecule has 0 saturated heterocycles. The van der Waals surface area contributed by atoms with Crippen LogP contribution in [0.15, 0.2) is 18.2 Å². The molecule has 0 spiro atoms. The lowest BCUT2D eigenvalue weighted by Crippen LogP contribution is -2.20. The number of carbonyl (C=O) groups is 1. The number of carboxylic acids is 1. The minimum atomic E-state index is -0.890. The Labute approximate surface area is 96.4 Å². The SMILES string of the molecule is C[C@H](N)Cc1c(I)cccc1C(=O)O. The highest BCUT2D eigenvalue weighted by Gasteiger charge is 2.13. The number of halogens is 1. The van der Waals surface area contributed by atoms with Crippen molar-refractivity contribution in [1.29, 1.82) is 0 Å². The molecule has 0 unspecified atom stereocenters. The van der Waals surface area contributed by atoms with Crippen molar-refractivity contribution in [2.24, 2.45) is 5.73 Å². The van der Waals surface area contributed by atoms with Gasteiger partial charge in [-0.05, 0) is 53.6 Å². The standard InChI is InChI=1S/C10H12INO2/c1-6(12)5-8-7(10(13)14)3-2-4-9(8)11/h2-4,6H,5,12H2,1H3,(H,13,14)/t6-/m0/s1. The smallest absolute Gasteiger partial charge is 0.336 e. The van der Waals surface area contributed by atoms with E-state index in [0.29, 0.717) is 12.0 Å². The second-order valence-electron chi connectivity index (χ2n) is 3.25. The molecule has 1 atom stereocenters. The highest BCUT2D eigenvalue weighted by atomic mass is 127. The first kappa shape index (κ1) is 11.5. The molecule has 4 heteroatoms. The van der Waals surface area contributed by atoms with Crippen molar-refractivity contribution in [2.75, 3.05) is 0 Å². The van der Waals surface area contributed by atoms with Gasteiger partial charge < -0.3 is 10.8 Å². The second kappa shape index (κ2) is 4.75. The zero-order valence-electron chi connectivity index (χ0n) is 7.83. The number of carboxylic acid groups (broad SMARTS) is 1. The summed E-state index contributed by atoms with van der Waals surface area (Å²) in [4.78, 5) is 10.9. The van der Waals surface area contributed by atoms with Crippen molar-refractivity contribution in [3.05, 3.63) is 32.9 Å². The minimum Gasteiger partial charge on any atom is -0.478 e. The summed E-state index contributed by atoms with van der Waals surface area (Å²) in [6.07, 6.45) is 0.598. The molecule has 0 aliphatic heterocycles. The van der Waals surface area contributed by atoms with Gasteiger partial charge in [0, 0.05) is 9.61 Å². The van der Waals surface area contributed by atoms with E-state index in [2.05, 4.69) is 22.6 Å². The monoisotopic (exact) mass is 305 g/mol. The van der Waals surface area contributed by atoms with Crippen LogP contribution in [-0.2, 0) is 6.42 Å². The molecular formula is C10H12INO2. The maximum Gasteiger partial charge on any atom is 0.336 e.